The monoisotopic (exact) mass is 273 g/mol. The molecule has 2 aromatic rings. The first-order valence-electron chi connectivity index (χ1n) is 6.06. The first kappa shape index (κ1) is 13.7. The van der Waals surface area contributed by atoms with E-state index in [1.165, 1.54) is 12.3 Å². The van der Waals surface area contributed by atoms with Gasteiger partial charge >= 0.3 is 0 Å². The summed E-state index contributed by atoms with van der Waals surface area (Å²) in [6.07, 6.45) is 1.40. The fourth-order valence-corrected chi connectivity index (χ4v) is 1.63. The number of aromatic nitrogens is 1. The molecule has 0 saturated carbocycles. The van der Waals surface area contributed by atoms with Crippen LogP contribution in [0.2, 0.25) is 0 Å². The number of rotatable bonds is 5. The maximum Gasteiger partial charge on any atom is 0.254 e. The summed E-state index contributed by atoms with van der Waals surface area (Å²) in [5.41, 5.74) is 11.3. The molecule has 20 heavy (non-hydrogen) atoms. The molecule has 0 aliphatic carbocycles. The molecule has 0 atom stereocenters. The Balaban J connectivity index is 2.30. The van der Waals surface area contributed by atoms with Crippen molar-refractivity contribution in [2.45, 2.75) is 6.92 Å². The van der Waals surface area contributed by atoms with Gasteiger partial charge < -0.3 is 20.9 Å². The van der Waals surface area contributed by atoms with Crippen LogP contribution in [-0.4, -0.2) is 17.5 Å². The number of anilines is 1. The standard InChI is InChI=1S/C14H15N3O3/c1-2-19-10-4-3-5-11(7-10)20-14-12(13(16)18)6-9(15)8-17-14/h3-8H,2,15H2,1H3,(H2,16,18). The maximum absolute atomic E-state index is 11.4. The number of benzene rings is 1. The normalized spacial score (nSPS) is 10.1. The van der Waals surface area contributed by atoms with Gasteiger partial charge in [0, 0.05) is 6.07 Å². The van der Waals surface area contributed by atoms with Crippen LogP contribution < -0.4 is 20.9 Å². The third-order valence-electron chi connectivity index (χ3n) is 2.47. The number of nitrogens with two attached hydrogens (primary N) is 2. The smallest absolute Gasteiger partial charge is 0.254 e. The van der Waals surface area contributed by atoms with E-state index in [2.05, 4.69) is 4.98 Å². The molecule has 104 valence electrons. The van der Waals surface area contributed by atoms with E-state index in [1.54, 1.807) is 18.2 Å². The highest BCUT2D eigenvalue weighted by Gasteiger charge is 2.12. The molecule has 0 aliphatic rings. The number of pyridine rings is 1. The van der Waals surface area contributed by atoms with Crippen molar-refractivity contribution >= 4 is 11.6 Å². The third kappa shape index (κ3) is 3.17. The van der Waals surface area contributed by atoms with Crippen molar-refractivity contribution in [1.29, 1.82) is 0 Å². The second kappa shape index (κ2) is 5.92. The largest absolute Gasteiger partial charge is 0.494 e. The van der Waals surface area contributed by atoms with Crippen molar-refractivity contribution in [2.24, 2.45) is 5.73 Å². The van der Waals surface area contributed by atoms with E-state index >= 15 is 0 Å². The number of carbonyl (C=O) groups is 1. The van der Waals surface area contributed by atoms with Crippen molar-refractivity contribution < 1.29 is 14.3 Å². The van der Waals surface area contributed by atoms with E-state index < -0.39 is 5.91 Å². The van der Waals surface area contributed by atoms with Crippen LogP contribution in [-0.2, 0) is 0 Å². The minimum absolute atomic E-state index is 0.111. The quantitative estimate of drug-likeness (QED) is 0.867. The summed E-state index contributed by atoms with van der Waals surface area (Å²) in [7, 11) is 0. The number of primary amides is 1. The van der Waals surface area contributed by atoms with Crippen molar-refractivity contribution in [1.82, 2.24) is 4.98 Å². The molecular formula is C14H15N3O3. The van der Waals surface area contributed by atoms with Crippen LogP contribution in [0.5, 0.6) is 17.4 Å². The Morgan fingerprint density at radius 2 is 2.05 bits per heavy atom. The molecule has 0 unspecified atom stereocenters. The molecule has 0 saturated heterocycles. The first-order chi connectivity index (χ1) is 9.60. The van der Waals surface area contributed by atoms with Crippen LogP contribution in [0.25, 0.3) is 0 Å². The number of ether oxygens (including phenoxy) is 2. The van der Waals surface area contributed by atoms with Crippen LogP contribution in [0, 0.1) is 0 Å². The SMILES string of the molecule is CCOc1cccc(Oc2ncc(N)cc2C(N)=O)c1. The molecule has 6 nitrogen and oxygen atoms in total. The molecule has 0 aliphatic heterocycles. The van der Waals surface area contributed by atoms with Crippen LogP contribution >= 0.6 is 0 Å². The Kier molecular flexibility index (Phi) is 4.05. The molecule has 2 rings (SSSR count). The fraction of sp³-hybridized carbons (Fsp3) is 0.143. The zero-order chi connectivity index (χ0) is 14.5. The van der Waals surface area contributed by atoms with Gasteiger partial charge in [0.15, 0.2) is 0 Å². The van der Waals surface area contributed by atoms with Gasteiger partial charge in [0.2, 0.25) is 5.88 Å². The highest BCUT2D eigenvalue weighted by molar-refractivity contribution is 5.95. The van der Waals surface area contributed by atoms with Crippen molar-refractivity contribution in [2.75, 3.05) is 12.3 Å². The lowest BCUT2D eigenvalue weighted by atomic mass is 10.2. The summed E-state index contributed by atoms with van der Waals surface area (Å²) >= 11 is 0. The summed E-state index contributed by atoms with van der Waals surface area (Å²) in [4.78, 5) is 15.3. The van der Waals surface area contributed by atoms with Crippen LogP contribution in [0.3, 0.4) is 0 Å². The van der Waals surface area contributed by atoms with E-state index in [-0.39, 0.29) is 11.4 Å². The predicted octanol–water partition coefficient (Wildman–Crippen LogP) is 1.95. The molecule has 0 bridgehead atoms. The summed E-state index contributed by atoms with van der Waals surface area (Å²) in [5.74, 6) is 0.623. The minimum Gasteiger partial charge on any atom is -0.494 e. The van der Waals surface area contributed by atoms with E-state index in [0.29, 0.717) is 23.8 Å². The van der Waals surface area contributed by atoms with Crippen molar-refractivity contribution in [3.8, 4) is 17.4 Å². The number of nitrogen functional groups attached to an aromatic ring is 1. The van der Waals surface area contributed by atoms with Gasteiger partial charge in [-0.05, 0) is 25.1 Å². The van der Waals surface area contributed by atoms with Crippen LogP contribution in [0.4, 0.5) is 5.69 Å². The Morgan fingerprint density at radius 3 is 2.75 bits per heavy atom. The number of hydrogen-bond acceptors (Lipinski definition) is 5. The fourth-order valence-electron chi connectivity index (χ4n) is 1.63. The van der Waals surface area contributed by atoms with E-state index in [1.807, 2.05) is 13.0 Å². The number of amides is 1. The van der Waals surface area contributed by atoms with E-state index in [0.717, 1.165) is 0 Å². The highest BCUT2D eigenvalue weighted by Crippen LogP contribution is 2.27. The Hall–Kier alpha value is -2.76. The average molecular weight is 273 g/mol. The van der Waals surface area contributed by atoms with E-state index in [9.17, 15) is 4.79 Å². The van der Waals surface area contributed by atoms with Crippen LogP contribution in [0.1, 0.15) is 17.3 Å². The molecule has 0 spiro atoms. The summed E-state index contributed by atoms with van der Waals surface area (Å²) in [6, 6.07) is 8.44. The van der Waals surface area contributed by atoms with E-state index in [4.69, 9.17) is 20.9 Å². The van der Waals surface area contributed by atoms with Gasteiger partial charge in [-0.15, -0.1) is 0 Å². The zero-order valence-electron chi connectivity index (χ0n) is 11.0. The van der Waals surface area contributed by atoms with Gasteiger partial charge in [-0.3, -0.25) is 4.79 Å². The molecule has 0 fully saturated rings. The molecule has 6 heteroatoms. The predicted molar refractivity (Wildman–Crippen MR) is 74.9 cm³/mol. The van der Waals surface area contributed by atoms with Gasteiger partial charge in [-0.2, -0.15) is 0 Å². The van der Waals surface area contributed by atoms with Crippen molar-refractivity contribution in [3.05, 3.63) is 42.1 Å². The number of hydrogen-bond donors (Lipinski definition) is 2. The van der Waals surface area contributed by atoms with Gasteiger partial charge in [0.25, 0.3) is 5.91 Å². The minimum atomic E-state index is -0.652. The van der Waals surface area contributed by atoms with Gasteiger partial charge in [0.05, 0.1) is 18.5 Å². The zero-order valence-corrected chi connectivity index (χ0v) is 11.0. The van der Waals surface area contributed by atoms with Gasteiger partial charge in [0.1, 0.15) is 17.1 Å². The molecule has 1 heterocycles. The first-order valence-corrected chi connectivity index (χ1v) is 6.06. The second-order valence-corrected chi connectivity index (χ2v) is 4.00. The van der Waals surface area contributed by atoms with Crippen LogP contribution in [0.15, 0.2) is 36.5 Å². The molecule has 1 aromatic heterocycles. The summed E-state index contributed by atoms with van der Waals surface area (Å²) in [6.45, 7) is 2.44. The Bertz CT molecular complexity index is 629. The highest BCUT2D eigenvalue weighted by atomic mass is 16.5. The third-order valence-corrected chi connectivity index (χ3v) is 2.47. The average Bonchev–Trinajstić information content (AvgIpc) is 2.41. The molecule has 1 amide bonds. The Morgan fingerprint density at radius 1 is 1.30 bits per heavy atom. The van der Waals surface area contributed by atoms with Crippen molar-refractivity contribution in [3.63, 3.8) is 0 Å². The van der Waals surface area contributed by atoms with Gasteiger partial charge in [-0.1, -0.05) is 6.07 Å². The second-order valence-electron chi connectivity index (χ2n) is 4.00. The Labute approximate surface area is 116 Å². The summed E-state index contributed by atoms with van der Waals surface area (Å²) in [5, 5.41) is 0. The lowest BCUT2D eigenvalue weighted by Crippen LogP contribution is -2.13. The maximum atomic E-state index is 11.4. The summed E-state index contributed by atoms with van der Waals surface area (Å²) < 4.78 is 10.9. The number of carbonyl (C=O) groups excluding carboxylic acids is 1. The van der Waals surface area contributed by atoms with Gasteiger partial charge in [-0.25, -0.2) is 4.98 Å². The number of nitrogens with zero attached hydrogens (tertiary/aromatic N) is 1. The molecular weight excluding hydrogens is 258 g/mol. The lowest BCUT2D eigenvalue weighted by Gasteiger charge is -2.10. The molecule has 1 aromatic carbocycles. The lowest BCUT2D eigenvalue weighted by molar-refractivity contribution is 0.0997. The molecule has 0 radical (unpaired) electrons. The topological polar surface area (TPSA) is 100 Å². The molecule has 4 N–H and O–H groups in total.